The first-order chi connectivity index (χ1) is 6.81. The predicted molar refractivity (Wildman–Crippen MR) is 50.8 cm³/mol. The van der Waals surface area contributed by atoms with E-state index in [9.17, 15) is 4.79 Å². The SMILES string of the molecule is N#Cc1cc(CC2CC2)cc(C=O)n1. The highest BCUT2D eigenvalue weighted by Gasteiger charge is 2.21. The molecule has 0 unspecified atom stereocenters. The van der Waals surface area contributed by atoms with E-state index in [2.05, 4.69) is 4.98 Å². The van der Waals surface area contributed by atoms with Gasteiger partial charge in [-0.25, -0.2) is 4.98 Å². The Morgan fingerprint density at radius 2 is 2.36 bits per heavy atom. The number of pyridine rings is 1. The molecule has 1 saturated carbocycles. The Labute approximate surface area is 82.4 Å². The van der Waals surface area contributed by atoms with Crippen LogP contribution < -0.4 is 0 Å². The van der Waals surface area contributed by atoms with Crippen LogP contribution in [0.3, 0.4) is 0 Å². The van der Waals surface area contributed by atoms with Gasteiger partial charge in [-0.3, -0.25) is 4.79 Å². The highest BCUT2D eigenvalue weighted by molar-refractivity contribution is 5.72. The first-order valence-electron chi connectivity index (χ1n) is 4.68. The van der Waals surface area contributed by atoms with Gasteiger partial charge in [0.2, 0.25) is 0 Å². The lowest BCUT2D eigenvalue weighted by molar-refractivity contribution is 0.111. The van der Waals surface area contributed by atoms with E-state index in [-0.39, 0.29) is 0 Å². The first-order valence-corrected chi connectivity index (χ1v) is 4.68. The van der Waals surface area contributed by atoms with Crippen molar-refractivity contribution in [2.24, 2.45) is 5.92 Å². The summed E-state index contributed by atoms with van der Waals surface area (Å²) in [6.45, 7) is 0. The molecule has 1 heterocycles. The predicted octanol–water partition coefficient (Wildman–Crippen LogP) is 1.72. The molecule has 0 radical (unpaired) electrons. The summed E-state index contributed by atoms with van der Waals surface area (Å²) in [6, 6.07) is 5.50. The average Bonchev–Trinajstić information content (AvgIpc) is 3.01. The molecule has 0 atom stereocenters. The number of rotatable bonds is 3. The van der Waals surface area contributed by atoms with Crippen molar-refractivity contribution in [3.8, 4) is 6.07 Å². The lowest BCUT2D eigenvalue weighted by Crippen LogP contribution is -1.96. The quantitative estimate of drug-likeness (QED) is 0.675. The number of hydrogen-bond acceptors (Lipinski definition) is 3. The molecule has 3 heteroatoms. The average molecular weight is 186 g/mol. The van der Waals surface area contributed by atoms with Crippen molar-refractivity contribution in [3.63, 3.8) is 0 Å². The summed E-state index contributed by atoms with van der Waals surface area (Å²) in [4.78, 5) is 14.4. The maximum atomic E-state index is 10.6. The summed E-state index contributed by atoms with van der Waals surface area (Å²) < 4.78 is 0. The second kappa shape index (κ2) is 3.59. The number of aldehydes is 1. The molecule has 0 N–H and O–H groups in total. The van der Waals surface area contributed by atoms with Crippen LogP contribution in [0, 0.1) is 17.2 Å². The molecule has 1 aliphatic carbocycles. The molecular weight excluding hydrogens is 176 g/mol. The van der Waals surface area contributed by atoms with Crippen LogP contribution in [0.1, 0.15) is 34.6 Å². The van der Waals surface area contributed by atoms with Gasteiger partial charge in [-0.1, -0.05) is 0 Å². The molecule has 0 amide bonds. The third kappa shape index (κ3) is 1.97. The summed E-state index contributed by atoms with van der Waals surface area (Å²) in [7, 11) is 0. The molecule has 2 rings (SSSR count). The molecule has 1 fully saturated rings. The number of nitrogens with zero attached hydrogens (tertiary/aromatic N) is 2. The van der Waals surface area contributed by atoms with Crippen LogP contribution in [-0.2, 0) is 6.42 Å². The van der Waals surface area contributed by atoms with Crippen molar-refractivity contribution < 1.29 is 4.79 Å². The van der Waals surface area contributed by atoms with Gasteiger partial charge in [-0.05, 0) is 42.9 Å². The number of carbonyl (C=O) groups excluding carboxylic acids is 1. The smallest absolute Gasteiger partial charge is 0.168 e. The van der Waals surface area contributed by atoms with Crippen molar-refractivity contribution in [1.82, 2.24) is 4.98 Å². The van der Waals surface area contributed by atoms with E-state index in [1.165, 1.54) is 12.8 Å². The number of carbonyl (C=O) groups is 1. The van der Waals surface area contributed by atoms with Gasteiger partial charge in [-0.2, -0.15) is 5.26 Å². The highest BCUT2D eigenvalue weighted by atomic mass is 16.1. The van der Waals surface area contributed by atoms with Crippen molar-refractivity contribution >= 4 is 6.29 Å². The van der Waals surface area contributed by atoms with Gasteiger partial charge in [0.15, 0.2) is 6.29 Å². The van der Waals surface area contributed by atoms with Gasteiger partial charge in [0, 0.05) is 0 Å². The zero-order valence-corrected chi connectivity index (χ0v) is 7.73. The van der Waals surface area contributed by atoms with Crippen molar-refractivity contribution in [2.45, 2.75) is 19.3 Å². The second-order valence-electron chi connectivity index (χ2n) is 3.66. The van der Waals surface area contributed by atoms with E-state index in [1.807, 2.05) is 6.07 Å². The van der Waals surface area contributed by atoms with Crippen LogP contribution >= 0.6 is 0 Å². The number of aromatic nitrogens is 1. The van der Waals surface area contributed by atoms with Crippen LogP contribution in [0.25, 0.3) is 0 Å². The van der Waals surface area contributed by atoms with Gasteiger partial charge in [0.1, 0.15) is 17.5 Å². The summed E-state index contributed by atoms with van der Waals surface area (Å²) in [5.41, 5.74) is 1.76. The molecule has 1 aliphatic rings. The van der Waals surface area contributed by atoms with Crippen molar-refractivity contribution in [3.05, 3.63) is 29.1 Å². The maximum Gasteiger partial charge on any atom is 0.168 e. The number of hydrogen-bond donors (Lipinski definition) is 0. The Morgan fingerprint density at radius 3 is 2.93 bits per heavy atom. The fourth-order valence-electron chi connectivity index (χ4n) is 1.50. The summed E-state index contributed by atoms with van der Waals surface area (Å²) >= 11 is 0. The normalized spacial score (nSPS) is 14.8. The molecule has 0 saturated heterocycles. The summed E-state index contributed by atoms with van der Waals surface area (Å²) in [6.07, 6.45) is 4.19. The van der Waals surface area contributed by atoms with Crippen LogP contribution in [0.5, 0.6) is 0 Å². The minimum absolute atomic E-state index is 0.338. The molecule has 3 nitrogen and oxygen atoms in total. The Bertz CT molecular complexity index is 402. The fourth-order valence-corrected chi connectivity index (χ4v) is 1.50. The molecule has 0 spiro atoms. The van der Waals surface area contributed by atoms with Gasteiger partial charge in [-0.15, -0.1) is 0 Å². The van der Waals surface area contributed by atoms with Crippen LogP contribution in [0.15, 0.2) is 12.1 Å². The monoisotopic (exact) mass is 186 g/mol. The molecular formula is C11H10N2O. The molecule has 70 valence electrons. The molecule has 0 aromatic carbocycles. The second-order valence-corrected chi connectivity index (χ2v) is 3.66. The molecule has 0 aliphatic heterocycles. The van der Waals surface area contributed by atoms with Gasteiger partial charge >= 0.3 is 0 Å². The molecule has 0 bridgehead atoms. The standard InChI is InChI=1S/C11H10N2O/c12-6-10-4-9(3-8-1-2-8)5-11(7-14)13-10/h4-5,7-8H,1-3H2. The summed E-state index contributed by atoms with van der Waals surface area (Å²) in [5.74, 6) is 0.753. The van der Waals surface area contributed by atoms with E-state index in [0.717, 1.165) is 17.9 Å². The summed E-state index contributed by atoms with van der Waals surface area (Å²) in [5, 5.41) is 8.70. The fraction of sp³-hybridized carbons (Fsp3) is 0.364. The van der Waals surface area contributed by atoms with E-state index >= 15 is 0 Å². The third-order valence-corrected chi connectivity index (χ3v) is 2.36. The van der Waals surface area contributed by atoms with E-state index in [0.29, 0.717) is 17.7 Å². The largest absolute Gasteiger partial charge is 0.296 e. The molecule has 1 aromatic heterocycles. The van der Waals surface area contributed by atoms with E-state index < -0.39 is 0 Å². The van der Waals surface area contributed by atoms with Gasteiger partial charge < -0.3 is 0 Å². The van der Waals surface area contributed by atoms with Crippen LogP contribution in [0.4, 0.5) is 0 Å². The van der Waals surface area contributed by atoms with Crippen LogP contribution in [-0.4, -0.2) is 11.3 Å². The van der Waals surface area contributed by atoms with E-state index in [4.69, 9.17) is 5.26 Å². The minimum atomic E-state index is 0.338. The minimum Gasteiger partial charge on any atom is -0.296 e. The van der Waals surface area contributed by atoms with E-state index in [1.54, 1.807) is 12.1 Å². The topological polar surface area (TPSA) is 53.8 Å². The van der Waals surface area contributed by atoms with Gasteiger partial charge in [0.25, 0.3) is 0 Å². The van der Waals surface area contributed by atoms with Gasteiger partial charge in [0.05, 0.1) is 0 Å². The Kier molecular flexibility index (Phi) is 2.28. The highest BCUT2D eigenvalue weighted by Crippen LogP contribution is 2.32. The lowest BCUT2D eigenvalue weighted by atomic mass is 10.1. The third-order valence-electron chi connectivity index (χ3n) is 2.36. The molecule has 14 heavy (non-hydrogen) atoms. The lowest BCUT2D eigenvalue weighted by Gasteiger charge is -2.00. The van der Waals surface area contributed by atoms with Crippen molar-refractivity contribution in [2.75, 3.05) is 0 Å². The Balaban J connectivity index is 2.28. The molecule has 1 aromatic rings. The zero-order chi connectivity index (χ0) is 9.97. The Morgan fingerprint density at radius 1 is 1.57 bits per heavy atom. The zero-order valence-electron chi connectivity index (χ0n) is 7.73. The maximum absolute atomic E-state index is 10.6. The van der Waals surface area contributed by atoms with Crippen molar-refractivity contribution in [1.29, 1.82) is 5.26 Å². The van der Waals surface area contributed by atoms with Crippen LogP contribution in [0.2, 0.25) is 0 Å². The number of nitriles is 1. The first kappa shape index (κ1) is 8.89. The Hall–Kier alpha value is -1.69.